The third-order valence-corrected chi connectivity index (χ3v) is 4.57. The maximum absolute atomic E-state index is 13.8. The molecule has 6 nitrogen and oxygen atoms in total. The van der Waals surface area contributed by atoms with Gasteiger partial charge in [-0.3, -0.25) is 9.78 Å². The first-order valence-electron chi connectivity index (χ1n) is 7.86. The summed E-state index contributed by atoms with van der Waals surface area (Å²) in [5.74, 6) is -0.197. The molecule has 1 aliphatic heterocycles. The van der Waals surface area contributed by atoms with E-state index in [0.717, 1.165) is 11.3 Å². The molecule has 3 aromatic rings. The van der Waals surface area contributed by atoms with Gasteiger partial charge in [0.1, 0.15) is 11.6 Å². The fraction of sp³-hybridized carbons (Fsp3) is 0.167. The smallest absolute Gasteiger partial charge is 0.230 e. The molecule has 1 aliphatic rings. The third kappa shape index (κ3) is 3.56. The maximum atomic E-state index is 13.8. The molecule has 1 amide bonds. The second kappa shape index (κ2) is 7.19. The van der Waals surface area contributed by atoms with Gasteiger partial charge < -0.3 is 14.8 Å². The van der Waals surface area contributed by atoms with Crippen molar-refractivity contribution in [1.82, 2.24) is 9.97 Å². The van der Waals surface area contributed by atoms with Crippen LogP contribution in [0.3, 0.4) is 0 Å². The van der Waals surface area contributed by atoms with Gasteiger partial charge in [-0.15, -0.1) is 11.3 Å². The number of pyridine rings is 1. The largest absolute Gasteiger partial charge is 0.467 e. The molecule has 2 aromatic heterocycles. The number of fused-ring (bicyclic) bond motifs is 1. The summed E-state index contributed by atoms with van der Waals surface area (Å²) in [7, 11) is 0. The molecule has 0 saturated carbocycles. The first kappa shape index (κ1) is 16.6. The highest BCUT2D eigenvalue weighted by molar-refractivity contribution is 7.14. The number of anilines is 1. The number of aromatic nitrogens is 2. The van der Waals surface area contributed by atoms with Crippen LogP contribution in [0.5, 0.6) is 5.75 Å². The third-order valence-electron chi connectivity index (χ3n) is 3.81. The van der Waals surface area contributed by atoms with Crippen LogP contribution in [0, 0.1) is 5.82 Å². The number of nitrogens with zero attached hydrogens (tertiary/aromatic N) is 2. The van der Waals surface area contributed by atoms with E-state index in [4.69, 9.17) is 9.47 Å². The zero-order chi connectivity index (χ0) is 17.9. The first-order valence-corrected chi connectivity index (χ1v) is 8.74. The second-order valence-electron chi connectivity index (χ2n) is 5.67. The Morgan fingerprint density at radius 1 is 1.38 bits per heavy atom. The van der Waals surface area contributed by atoms with Gasteiger partial charge in [0, 0.05) is 34.5 Å². The number of amides is 1. The summed E-state index contributed by atoms with van der Waals surface area (Å²) < 4.78 is 24.3. The highest BCUT2D eigenvalue weighted by atomic mass is 32.1. The number of carbonyl (C=O) groups excluding carboxylic acids is 1. The zero-order valence-electron chi connectivity index (χ0n) is 13.6. The van der Waals surface area contributed by atoms with Crippen LogP contribution in [0.15, 0.2) is 42.0 Å². The molecular weight excluding hydrogens is 357 g/mol. The lowest BCUT2D eigenvalue weighted by molar-refractivity contribution is -0.115. The van der Waals surface area contributed by atoms with Crippen LogP contribution in [0.25, 0.3) is 11.3 Å². The summed E-state index contributed by atoms with van der Waals surface area (Å²) in [6.45, 7) is 0.358. The van der Waals surface area contributed by atoms with Crippen molar-refractivity contribution in [3.8, 4) is 17.0 Å². The summed E-state index contributed by atoms with van der Waals surface area (Å²) in [4.78, 5) is 20.8. The summed E-state index contributed by atoms with van der Waals surface area (Å²) in [5, 5.41) is 5.07. The lowest BCUT2D eigenvalue weighted by Crippen LogP contribution is -2.18. The van der Waals surface area contributed by atoms with Crippen molar-refractivity contribution in [3.63, 3.8) is 0 Å². The van der Waals surface area contributed by atoms with Crippen molar-refractivity contribution in [1.29, 1.82) is 0 Å². The number of halogens is 1. The molecule has 4 rings (SSSR count). The minimum Gasteiger partial charge on any atom is -0.467 e. The van der Waals surface area contributed by atoms with Crippen molar-refractivity contribution in [2.75, 3.05) is 12.1 Å². The number of ether oxygens (including phenoxy) is 2. The molecule has 1 N–H and O–H groups in total. The van der Waals surface area contributed by atoms with Crippen LogP contribution < -0.4 is 10.1 Å². The molecule has 26 heavy (non-hydrogen) atoms. The molecule has 0 aliphatic carbocycles. The van der Waals surface area contributed by atoms with Gasteiger partial charge in [0.2, 0.25) is 5.91 Å². The molecule has 0 atom stereocenters. The topological polar surface area (TPSA) is 73.3 Å². The molecule has 8 heteroatoms. The van der Waals surface area contributed by atoms with Gasteiger partial charge in [-0.25, -0.2) is 9.37 Å². The zero-order valence-corrected chi connectivity index (χ0v) is 14.4. The van der Waals surface area contributed by atoms with E-state index in [0.29, 0.717) is 22.0 Å². The molecule has 0 spiro atoms. The second-order valence-corrected chi connectivity index (χ2v) is 6.53. The summed E-state index contributed by atoms with van der Waals surface area (Å²) in [6.07, 6.45) is 3.38. The number of benzene rings is 1. The fourth-order valence-electron chi connectivity index (χ4n) is 2.70. The van der Waals surface area contributed by atoms with E-state index < -0.39 is 5.82 Å². The molecule has 3 heterocycles. The minimum atomic E-state index is -0.422. The number of carbonyl (C=O) groups is 1. The van der Waals surface area contributed by atoms with Gasteiger partial charge in [0.25, 0.3) is 0 Å². The Kier molecular flexibility index (Phi) is 4.59. The van der Waals surface area contributed by atoms with Crippen molar-refractivity contribution in [3.05, 3.63) is 59.0 Å². The predicted molar refractivity (Wildman–Crippen MR) is 94.4 cm³/mol. The summed E-state index contributed by atoms with van der Waals surface area (Å²) in [6, 6.07) is 6.39. The Morgan fingerprint density at radius 3 is 3.15 bits per heavy atom. The van der Waals surface area contributed by atoms with Gasteiger partial charge in [-0.2, -0.15) is 0 Å². The van der Waals surface area contributed by atoms with Crippen molar-refractivity contribution < 1.29 is 18.7 Å². The number of hydrogen-bond donors (Lipinski definition) is 1. The molecule has 132 valence electrons. The van der Waals surface area contributed by atoms with Crippen LogP contribution in [0.2, 0.25) is 0 Å². The Bertz CT molecular complexity index is 946. The number of thiazole rings is 1. The monoisotopic (exact) mass is 371 g/mol. The van der Waals surface area contributed by atoms with Gasteiger partial charge in [-0.05, 0) is 24.3 Å². The lowest BCUT2D eigenvalue weighted by Gasteiger charge is -2.20. The Balaban J connectivity index is 1.48. The molecule has 0 unspecified atom stereocenters. The molecule has 0 fully saturated rings. The van der Waals surface area contributed by atoms with Crippen LogP contribution >= 0.6 is 11.3 Å². The van der Waals surface area contributed by atoms with E-state index in [-0.39, 0.29) is 25.7 Å². The van der Waals surface area contributed by atoms with E-state index in [1.165, 1.54) is 23.5 Å². The molecular formula is C18H14FN3O3S. The van der Waals surface area contributed by atoms with E-state index in [2.05, 4.69) is 15.3 Å². The quantitative estimate of drug-likeness (QED) is 0.761. The molecule has 0 saturated heterocycles. The van der Waals surface area contributed by atoms with E-state index in [1.807, 2.05) is 17.5 Å². The van der Waals surface area contributed by atoms with Crippen LogP contribution in [0.1, 0.15) is 11.1 Å². The summed E-state index contributed by atoms with van der Waals surface area (Å²) >= 11 is 1.32. The normalized spacial score (nSPS) is 13.0. The van der Waals surface area contributed by atoms with Gasteiger partial charge in [0.15, 0.2) is 11.9 Å². The maximum Gasteiger partial charge on any atom is 0.230 e. The predicted octanol–water partition coefficient (Wildman–Crippen LogP) is 3.39. The number of nitrogens with one attached hydrogen (secondary N) is 1. The van der Waals surface area contributed by atoms with E-state index in [1.54, 1.807) is 12.4 Å². The Labute approximate surface area is 152 Å². The Morgan fingerprint density at radius 2 is 2.31 bits per heavy atom. The van der Waals surface area contributed by atoms with Gasteiger partial charge in [0.05, 0.1) is 18.7 Å². The standard InChI is InChI=1S/C18H14FN3O3S/c19-14-4-12(17-13(5-14)8-24-10-25-17)6-16(23)22-18-21-15(9-26-18)11-2-1-3-20-7-11/h1-5,7,9H,6,8,10H2,(H,21,22,23). The first-order chi connectivity index (χ1) is 12.7. The lowest BCUT2D eigenvalue weighted by atomic mass is 10.1. The molecule has 0 radical (unpaired) electrons. The van der Waals surface area contributed by atoms with Crippen molar-refractivity contribution >= 4 is 22.4 Å². The number of rotatable bonds is 4. The molecule has 0 bridgehead atoms. The molecule has 1 aromatic carbocycles. The Hall–Kier alpha value is -2.84. The van der Waals surface area contributed by atoms with Crippen molar-refractivity contribution in [2.45, 2.75) is 13.0 Å². The minimum absolute atomic E-state index is 0.0120. The van der Waals surface area contributed by atoms with Crippen LogP contribution in [-0.4, -0.2) is 22.7 Å². The fourth-order valence-corrected chi connectivity index (χ4v) is 3.44. The van der Waals surface area contributed by atoms with Crippen molar-refractivity contribution in [2.24, 2.45) is 0 Å². The highest BCUT2D eigenvalue weighted by Gasteiger charge is 2.19. The van der Waals surface area contributed by atoms with Crippen LogP contribution in [0.4, 0.5) is 9.52 Å². The van der Waals surface area contributed by atoms with Gasteiger partial charge in [-0.1, -0.05) is 0 Å². The highest BCUT2D eigenvalue weighted by Crippen LogP contribution is 2.30. The van der Waals surface area contributed by atoms with E-state index in [9.17, 15) is 9.18 Å². The van der Waals surface area contributed by atoms with E-state index >= 15 is 0 Å². The average molecular weight is 371 g/mol. The van der Waals surface area contributed by atoms with Crippen LogP contribution in [-0.2, 0) is 22.6 Å². The number of hydrogen-bond acceptors (Lipinski definition) is 6. The SMILES string of the molecule is O=C(Cc1cc(F)cc2c1OCOC2)Nc1nc(-c2cccnc2)cs1. The van der Waals surface area contributed by atoms with Gasteiger partial charge >= 0.3 is 0 Å². The summed E-state index contributed by atoms with van der Waals surface area (Å²) in [5.41, 5.74) is 2.70. The average Bonchev–Trinajstić information content (AvgIpc) is 3.10.